The van der Waals surface area contributed by atoms with Crippen LogP contribution in [0, 0.1) is 0 Å². The number of nitrogens with one attached hydrogen (secondary N) is 1. The third kappa shape index (κ3) is 8.60. The van der Waals surface area contributed by atoms with E-state index >= 15 is 0 Å². The van der Waals surface area contributed by atoms with E-state index in [1.54, 1.807) is 0 Å². The van der Waals surface area contributed by atoms with Crippen LogP contribution in [0.25, 0.3) is 0 Å². The minimum atomic E-state index is -0.530. The van der Waals surface area contributed by atoms with Crippen molar-refractivity contribution in [2.24, 2.45) is 0 Å². The summed E-state index contributed by atoms with van der Waals surface area (Å²) in [6.45, 7) is 7.79. The van der Waals surface area contributed by atoms with Gasteiger partial charge in [-0.05, 0) is 37.8 Å². The second-order valence-corrected chi connectivity index (χ2v) is 4.97. The molecule has 13 heavy (non-hydrogen) atoms. The highest BCUT2D eigenvalue weighted by Crippen LogP contribution is 2.06. The van der Waals surface area contributed by atoms with Gasteiger partial charge >= 0.3 is 0 Å². The van der Waals surface area contributed by atoms with Crippen LogP contribution in [0.5, 0.6) is 0 Å². The van der Waals surface area contributed by atoms with Crippen LogP contribution >= 0.6 is 11.8 Å². The van der Waals surface area contributed by atoms with Crippen LogP contribution in [0.3, 0.4) is 0 Å². The molecule has 0 saturated heterocycles. The van der Waals surface area contributed by atoms with E-state index in [1.165, 1.54) is 17.9 Å². The van der Waals surface area contributed by atoms with Crippen LogP contribution < -0.4 is 5.32 Å². The maximum atomic E-state index is 9.66. The predicted molar refractivity (Wildman–Crippen MR) is 61.4 cm³/mol. The number of hydrogen-bond acceptors (Lipinski definition) is 3. The number of rotatable bonds is 8. The van der Waals surface area contributed by atoms with Gasteiger partial charge in [0, 0.05) is 6.54 Å². The fourth-order valence-electron chi connectivity index (χ4n) is 0.926. The van der Waals surface area contributed by atoms with Crippen molar-refractivity contribution in [1.82, 2.24) is 5.32 Å². The molecule has 2 nitrogen and oxygen atoms in total. The summed E-state index contributed by atoms with van der Waals surface area (Å²) in [6, 6.07) is 0. The van der Waals surface area contributed by atoms with E-state index in [0.717, 1.165) is 13.0 Å². The van der Waals surface area contributed by atoms with Crippen LogP contribution in [-0.4, -0.2) is 35.3 Å². The smallest absolute Gasteiger partial charge is 0.0740 e. The third-order valence-corrected chi connectivity index (χ3v) is 3.10. The standard InChI is InChI=1S/C10H23NOS/c1-4-10(3,12)9-11-7-6-8-13-5-2/h11-12H,4-9H2,1-3H3. The minimum absolute atomic E-state index is 0.530. The second-order valence-electron chi connectivity index (χ2n) is 3.58. The van der Waals surface area contributed by atoms with E-state index in [-0.39, 0.29) is 0 Å². The van der Waals surface area contributed by atoms with Crippen molar-refractivity contribution >= 4 is 11.8 Å². The summed E-state index contributed by atoms with van der Waals surface area (Å²) in [5.74, 6) is 2.42. The van der Waals surface area contributed by atoms with Crippen molar-refractivity contribution in [2.75, 3.05) is 24.6 Å². The first-order chi connectivity index (χ1) is 6.12. The SMILES string of the molecule is CCSCCCNCC(C)(O)CC. The topological polar surface area (TPSA) is 32.3 Å². The number of thioether (sulfide) groups is 1. The molecule has 0 bridgehead atoms. The van der Waals surface area contributed by atoms with Crippen LogP contribution in [0.4, 0.5) is 0 Å². The Bertz CT molecular complexity index is 117. The van der Waals surface area contributed by atoms with Gasteiger partial charge in [0.2, 0.25) is 0 Å². The maximum Gasteiger partial charge on any atom is 0.0740 e. The van der Waals surface area contributed by atoms with Crippen molar-refractivity contribution in [1.29, 1.82) is 0 Å². The zero-order valence-electron chi connectivity index (χ0n) is 9.10. The molecule has 0 rings (SSSR count). The summed E-state index contributed by atoms with van der Waals surface area (Å²) in [6.07, 6.45) is 2.00. The molecule has 3 heteroatoms. The zero-order valence-corrected chi connectivity index (χ0v) is 9.91. The van der Waals surface area contributed by atoms with Gasteiger partial charge in [-0.2, -0.15) is 11.8 Å². The Morgan fingerprint density at radius 1 is 1.38 bits per heavy atom. The van der Waals surface area contributed by atoms with Crippen molar-refractivity contribution in [3.05, 3.63) is 0 Å². The Morgan fingerprint density at radius 3 is 2.62 bits per heavy atom. The minimum Gasteiger partial charge on any atom is -0.389 e. The molecular weight excluding hydrogens is 182 g/mol. The molecule has 0 radical (unpaired) electrons. The lowest BCUT2D eigenvalue weighted by molar-refractivity contribution is 0.0561. The Hall–Kier alpha value is 0.270. The lowest BCUT2D eigenvalue weighted by Gasteiger charge is -2.21. The monoisotopic (exact) mass is 205 g/mol. The molecule has 0 amide bonds. The van der Waals surface area contributed by atoms with E-state index in [1.807, 2.05) is 25.6 Å². The molecule has 0 aromatic rings. The molecule has 1 atom stereocenters. The normalized spacial score (nSPS) is 15.7. The van der Waals surface area contributed by atoms with Gasteiger partial charge < -0.3 is 10.4 Å². The van der Waals surface area contributed by atoms with E-state index in [9.17, 15) is 5.11 Å². The van der Waals surface area contributed by atoms with Crippen molar-refractivity contribution in [3.63, 3.8) is 0 Å². The van der Waals surface area contributed by atoms with Crippen molar-refractivity contribution in [2.45, 2.75) is 39.2 Å². The van der Waals surface area contributed by atoms with Crippen molar-refractivity contribution in [3.8, 4) is 0 Å². The fourth-order valence-corrected chi connectivity index (χ4v) is 1.56. The first kappa shape index (κ1) is 13.3. The molecule has 0 aromatic carbocycles. The largest absolute Gasteiger partial charge is 0.389 e. The van der Waals surface area contributed by atoms with E-state index in [4.69, 9.17) is 0 Å². The number of aliphatic hydroxyl groups is 1. The van der Waals surface area contributed by atoms with Crippen LogP contribution in [0.2, 0.25) is 0 Å². The van der Waals surface area contributed by atoms with Crippen LogP contribution in [0.1, 0.15) is 33.6 Å². The van der Waals surface area contributed by atoms with Crippen LogP contribution in [-0.2, 0) is 0 Å². The Labute approximate surface area is 86.5 Å². The summed E-state index contributed by atoms with van der Waals surface area (Å²) in [4.78, 5) is 0. The molecule has 0 aliphatic carbocycles. The van der Waals surface area contributed by atoms with E-state index < -0.39 is 5.60 Å². The molecule has 0 saturated carbocycles. The molecule has 80 valence electrons. The molecule has 0 fully saturated rings. The van der Waals surface area contributed by atoms with Crippen LogP contribution in [0.15, 0.2) is 0 Å². The Kier molecular flexibility index (Phi) is 7.81. The maximum absolute atomic E-state index is 9.66. The Morgan fingerprint density at radius 2 is 2.08 bits per heavy atom. The first-order valence-electron chi connectivity index (χ1n) is 5.13. The summed E-state index contributed by atoms with van der Waals surface area (Å²) in [5, 5.41) is 12.9. The van der Waals surface area contributed by atoms with Crippen molar-refractivity contribution < 1.29 is 5.11 Å². The van der Waals surface area contributed by atoms with Gasteiger partial charge in [0.15, 0.2) is 0 Å². The summed E-state index contributed by atoms with van der Waals surface area (Å²) in [5.41, 5.74) is -0.530. The molecule has 0 aliphatic heterocycles. The van der Waals surface area contributed by atoms with Gasteiger partial charge in [0.25, 0.3) is 0 Å². The van der Waals surface area contributed by atoms with E-state index in [0.29, 0.717) is 6.54 Å². The van der Waals surface area contributed by atoms with Gasteiger partial charge in [-0.1, -0.05) is 13.8 Å². The fraction of sp³-hybridized carbons (Fsp3) is 1.00. The van der Waals surface area contributed by atoms with Gasteiger partial charge in [-0.15, -0.1) is 0 Å². The molecule has 0 aromatic heterocycles. The van der Waals surface area contributed by atoms with Gasteiger partial charge in [0.1, 0.15) is 0 Å². The quantitative estimate of drug-likeness (QED) is 0.593. The summed E-state index contributed by atoms with van der Waals surface area (Å²) >= 11 is 1.97. The van der Waals surface area contributed by atoms with E-state index in [2.05, 4.69) is 12.2 Å². The van der Waals surface area contributed by atoms with Gasteiger partial charge in [-0.25, -0.2) is 0 Å². The summed E-state index contributed by atoms with van der Waals surface area (Å²) < 4.78 is 0. The predicted octanol–water partition coefficient (Wildman–Crippen LogP) is 1.88. The molecule has 0 spiro atoms. The van der Waals surface area contributed by atoms with Gasteiger partial charge in [-0.3, -0.25) is 0 Å². The average Bonchev–Trinajstić information content (AvgIpc) is 2.11. The zero-order chi connectivity index (χ0) is 10.2. The summed E-state index contributed by atoms with van der Waals surface area (Å²) in [7, 11) is 0. The average molecular weight is 205 g/mol. The lowest BCUT2D eigenvalue weighted by Crippen LogP contribution is -2.37. The molecular formula is C10H23NOS. The third-order valence-electron chi connectivity index (χ3n) is 2.11. The molecule has 2 N–H and O–H groups in total. The second kappa shape index (κ2) is 7.65. The first-order valence-corrected chi connectivity index (χ1v) is 6.28. The lowest BCUT2D eigenvalue weighted by atomic mass is 10.0. The number of hydrogen-bond donors (Lipinski definition) is 2. The highest BCUT2D eigenvalue weighted by atomic mass is 32.2. The Balaban J connectivity index is 3.16. The van der Waals surface area contributed by atoms with Gasteiger partial charge in [0.05, 0.1) is 5.60 Å². The highest BCUT2D eigenvalue weighted by Gasteiger charge is 2.15. The molecule has 0 aliphatic rings. The highest BCUT2D eigenvalue weighted by molar-refractivity contribution is 7.99. The molecule has 1 unspecified atom stereocenters. The molecule has 0 heterocycles.